The van der Waals surface area contributed by atoms with Crippen LogP contribution < -0.4 is 11.1 Å². The zero-order chi connectivity index (χ0) is 15.5. The Morgan fingerprint density at radius 2 is 2.27 bits per heavy atom. The molecule has 0 amide bonds. The summed E-state index contributed by atoms with van der Waals surface area (Å²) in [4.78, 5) is 13.1. The van der Waals surface area contributed by atoms with Gasteiger partial charge < -0.3 is 20.7 Å². The number of nitrogens with two attached hydrogens (primary N) is 1. The Morgan fingerprint density at radius 1 is 1.41 bits per heavy atom. The van der Waals surface area contributed by atoms with Crippen LogP contribution in [0.4, 0.5) is 11.8 Å². The van der Waals surface area contributed by atoms with E-state index in [1.807, 2.05) is 10.6 Å². The number of imidazole rings is 1. The number of fused-ring (bicyclic) bond motifs is 1. The second kappa shape index (κ2) is 6.31. The maximum absolute atomic E-state index is 9.27. The molecule has 2 heterocycles. The summed E-state index contributed by atoms with van der Waals surface area (Å²) in [6.45, 7) is 3.15. The minimum Gasteiger partial charge on any atom is -0.396 e. The van der Waals surface area contributed by atoms with Gasteiger partial charge in [-0.3, -0.25) is 0 Å². The lowest BCUT2D eigenvalue weighted by Crippen LogP contribution is -2.10. The Bertz CT molecular complexity index is 680. The number of anilines is 2. The number of aromatic nitrogens is 4. The summed E-state index contributed by atoms with van der Waals surface area (Å²) < 4.78 is 2.00. The maximum atomic E-state index is 9.27. The van der Waals surface area contributed by atoms with Crippen LogP contribution in [0.1, 0.15) is 32.2 Å². The molecule has 2 aromatic rings. The molecular weight excluding hydrogens is 280 g/mol. The zero-order valence-electron chi connectivity index (χ0n) is 12.7. The zero-order valence-corrected chi connectivity index (χ0v) is 12.7. The van der Waals surface area contributed by atoms with Gasteiger partial charge in [0.05, 0.1) is 12.4 Å². The van der Waals surface area contributed by atoms with Crippen molar-refractivity contribution in [1.82, 2.24) is 19.5 Å². The highest BCUT2D eigenvalue weighted by Gasteiger charge is 2.22. The van der Waals surface area contributed by atoms with Crippen LogP contribution in [-0.2, 0) is 0 Å². The highest BCUT2D eigenvalue weighted by atomic mass is 16.3. The molecule has 1 aliphatic rings. The quantitative estimate of drug-likeness (QED) is 0.555. The number of allylic oxidation sites excluding steroid dienone is 1. The summed E-state index contributed by atoms with van der Waals surface area (Å²) >= 11 is 0. The maximum Gasteiger partial charge on any atom is 0.224 e. The van der Waals surface area contributed by atoms with Crippen molar-refractivity contribution in [2.75, 3.05) is 24.2 Å². The normalized spacial score (nSPS) is 20.8. The van der Waals surface area contributed by atoms with E-state index >= 15 is 0 Å². The molecule has 0 spiro atoms. The molecule has 0 saturated carbocycles. The smallest absolute Gasteiger partial charge is 0.224 e. The number of nitrogens with zero attached hydrogens (tertiary/aromatic N) is 4. The molecular formula is C15H22N6O. The van der Waals surface area contributed by atoms with Gasteiger partial charge in [0.2, 0.25) is 5.95 Å². The number of nitrogens with one attached hydrogen (secondary N) is 1. The van der Waals surface area contributed by atoms with Gasteiger partial charge in [-0.15, -0.1) is 0 Å². The Balaban J connectivity index is 1.92. The summed E-state index contributed by atoms with van der Waals surface area (Å²) in [5.74, 6) is 1.13. The van der Waals surface area contributed by atoms with Crippen molar-refractivity contribution in [2.45, 2.75) is 32.2 Å². The first-order chi connectivity index (χ1) is 10.7. The van der Waals surface area contributed by atoms with Gasteiger partial charge in [-0.05, 0) is 12.8 Å². The van der Waals surface area contributed by atoms with Gasteiger partial charge in [-0.1, -0.05) is 25.5 Å². The van der Waals surface area contributed by atoms with Crippen LogP contribution in [0.5, 0.6) is 0 Å². The number of aliphatic hydroxyl groups is 1. The van der Waals surface area contributed by atoms with Crippen molar-refractivity contribution >= 4 is 22.9 Å². The Kier molecular flexibility index (Phi) is 4.24. The number of rotatable bonds is 6. The van der Waals surface area contributed by atoms with E-state index < -0.39 is 0 Å². The highest BCUT2D eigenvalue weighted by Crippen LogP contribution is 2.31. The molecule has 0 aliphatic heterocycles. The molecule has 7 nitrogen and oxygen atoms in total. The van der Waals surface area contributed by atoms with E-state index in [4.69, 9.17) is 5.73 Å². The average Bonchev–Trinajstić information content (AvgIpc) is 3.13. The van der Waals surface area contributed by atoms with Crippen LogP contribution >= 0.6 is 0 Å². The first-order valence-corrected chi connectivity index (χ1v) is 7.76. The van der Waals surface area contributed by atoms with Gasteiger partial charge in [0.15, 0.2) is 17.0 Å². The van der Waals surface area contributed by atoms with E-state index in [0.29, 0.717) is 5.82 Å². The third-order valence-corrected chi connectivity index (χ3v) is 4.00. The Labute approximate surface area is 129 Å². The second-order valence-corrected chi connectivity index (χ2v) is 5.67. The summed E-state index contributed by atoms with van der Waals surface area (Å²) in [5, 5.41) is 12.6. The van der Waals surface area contributed by atoms with Gasteiger partial charge in [-0.25, -0.2) is 4.98 Å². The molecule has 2 aromatic heterocycles. The van der Waals surface area contributed by atoms with Crippen molar-refractivity contribution in [3.63, 3.8) is 0 Å². The lowest BCUT2D eigenvalue weighted by atomic mass is 10.1. The molecule has 0 saturated heterocycles. The van der Waals surface area contributed by atoms with Crippen LogP contribution in [-0.4, -0.2) is 37.8 Å². The summed E-state index contributed by atoms with van der Waals surface area (Å²) in [7, 11) is 0. The van der Waals surface area contributed by atoms with Crippen molar-refractivity contribution < 1.29 is 5.11 Å². The van der Waals surface area contributed by atoms with E-state index in [1.165, 1.54) is 0 Å². The third-order valence-electron chi connectivity index (χ3n) is 4.00. The van der Waals surface area contributed by atoms with E-state index in [2.05, 4.69) is 33.3 Å². The monoisotopic (exact) mass is 302 g/mol. The molecule has 0 radical (unpaired) electrons. The molecule has 1 aliphatic carbocycles. The van der Waals surface area contributed by atoms with Crippen LogP contribution in [0.25, 0.3) is 11.2 Å². The van der Waals surface area contributed by atoms with E-state index in [-0.39, 0.29) is 24.5 Å². The fourth-order valence-corrected chi connectivity index (χ4v) is 2.78. The highest BCUT2D eigenvalue weighted by molar-refractivity contribution is 5.84. The molecule has 0 bridgehead atoms. The molecule has 2 atom stereocenters. The van der Waals surface area contributed by atoms with Crippen molar-refractivity contribution in [3.05, 3.63) is 18.5 Å². The van der Waals surface area contributed by atoms with Gasteiger partial charge in [0, 0.05) is 19.1 Å². The molecule has 2 unspecified atom stereocenters. The molecule has 4 N–H and O–H groups in total. The van der Waals surface area contributed by atoms with Crippen molar-refractivity contribution in [2.24, 2.45) is 5.92 Å². The first kappa shape index (κ1) is 14.8. The van der Waals surface area contributed by atoms with Gasteiger partial charge >= 0.3 is 0 Å². The van der Waals surface area contributed by atoms with E-state index in [0.717, 1.165) is 37.0 Å². The number of aliphatic hydroxyl groups excluding tert-OH is 1. The van der Waals surface area contributed by atoms with Crippen LogP contribution in [0.2, 0.25) is 0 Å². The lowest BCUT2D eigenvalue weighted by Gasteiger charge is -2.13. The van der Waals surface area contributed by atoms with E-state index in [9.17, 15) is 5.11 Å². The molecule has 0 fully saturated rings. The topological polar surface area (TPSA) is 102 Å². The minimum atomic E-state index is 0.153. The minimum absolute atomic E-state index is 0.153. The fourth-order valence-electron chi connectivity index (χ4n) is 2.78. The van der Waals surface area contributed by atoms with Crippen LogP contribution in [0, 0.1) is 5.92 Å². The number of hydrogen-bond donors (Lipinski definition) is 3. The second-order valence-electron chi connectivity index (χ2n) is 5.67. The molecule has 7 heteroatoms. The fraction of sp³-hybridized carbons (Fsp3) is 0.533. The lowest BCUT2D eigenvalue weighted by molar-refractivity contribution is 0.244. The largest absolute Gasteiger partial charge is 0.396 e. The van der Waals surface area contributed by atoms with Gasteiger partial charge in [0.1, 0.15) is 0 Å². The standard InChI is InChI=1S/C15H22N6O/c1-2-3-6-17-13-12-14(20-15(16)19-13)21(9-18-12)11-5-4-10(7-11)8-22/h4-5,9-11,22H,2-3,6-8H2,1H3,(H3,16,17,19,20). The third kappa shape index (κ3) is 2.76. The average molecular weight is 302 g/mol. The van der Waals surface area contributed by atoms with E-state index in [1.54, 1.807) is 6.33 Å². The number of hydrogen-bond acceptors (Lipinski definition) is 6. The Hall–Kier alpha value is -2.15. The number of nitrogen functional groups attached to an aromatic ring is 1. The Morgan fingerprint density at radius 3 is 3.00 bits per heavy atom. The van der Waals surface area contributed by atoms with Crippen molar-refractivity contribution in [3.8, 4) is 0 Å². The summed E-state index contributed by atoms with van der Waals surface area (Å²) in [5.41, 5.74) is 7.33. The molecule has 0 aromatic carbocycles. The van der Waals surface area contributed by atoms with Crippen molar-refractivity contribution in [1.29, 1.82) is 0 Å². The molecule has 3 rings (SSSR count). The summed E-state index contributed by atoms with van der Waals surface area (Å²) in [6, 6.07) is 0.153. The SMILES string of the molecule is CCCCNc1nc(N)nc2c1ncn2C1C=CC(CO)C1. The number of unbranched alkanes of at least 4 members (excludes halogenated alkanes) is 1. The van der Waals surface area contributed by atoms with Gasteiger partial charge in [-0.2, -0.15) is 9.97 Å². The van der Waals surface area contributed by atoms with Crippen LogP contribution in [0.3, 0.4) is 0 Å². The molecule has 22 heavy (non-hydrogen) atoms. The molecule has 118 valence electrons. The van der Waals surface area contributed by atoms with Crippen LogP contribution in [0.15, 0.2) is 18.5 Å². The first-order valence-electron chi connectivity index (χ1n) is 7.76. The summed E-state index contributed by atoms with van der Waals surface area (Å²) in [6.07, 6.45) is 8.94. The predicted octanol–water partition coefficient (Wildman–Crippen LogP) is 1.73. The van der Waals surface area contributed by atoms with Gasteiger partial charge in [0.25, 0.3) is 0 Å². The predicted molar refractivity (Wildman–Crippen MR) is 86.5 cm³/mol.